The molecule has 25 heavy (non-hydrogen) atoms. The molecule has 0 fully saturated rings. The van der Waals surface area contributed by atoms with Gasteiger partial charge in [-0.1, -0.05) is 31.2 Å². The van der Waals surface area contributed by atoms with Crippen LogP contribution in [0.15, 0.2) is 48.5 Å². The molecule has 2 aromatic carbocycles. The number of amides is 1. The Hall–Kier alpha value is -3.15. The molecule has 6 heteroatoms. The van der Waals surface area contributed by atoms with E-state index < -0.39 is 4.92 Å². The molecule has 6 nitrogen and oxygen atoms in total. The van der Waals surface area contributed by atoms with Crippen molar-refractivity contribution >= 4 is 23.4 Å². The van der Waals surface area contributed by atoms with Gasteiger partial charge in [0, 0.05) is 23.8 Å². The number of carbonyl (C=O) groups excluding carboxylic acids is 1. The number of anilines is 1. The lowest BCUT2D eigenvalue weighted by Crippen LogP contribution is -2.09. The van der Waals surface area contributed by atoms with Gasteiger partial charge in [0.05, 0.1) is 17.2 Å². The number of para-hydroxylation sites is 1. The largest absolute Gasteiger partial charge is 0.493 e. The van der Waals surface area contributed by atoms with Crippen molar-refractivity contribution in [1.29, 1.82) is 0 Å². The molecule has 0 aliphatic rings. The van der Waals surface area contributed by atoms with Gasteiger partial charge < -0.3 is 10.1 Å². The van der Waals surface area contributed by atoms with Gasteiger partial charge in [0.1, 0.15) is 5.75 Å². The Kier molecular flexibility index (Phi) is 6.28. The molecule has 0 heterocycles. The molecule has 0 aromatic heterocycles. The number of ether oxygens (including phenoxy) is 1. The number of non-ortho nitro benzene ring substituents is 1. The first-order valence-electron chi connectivity index (χ1n) is 7.97. The molecule has 0 spiro atoms. The van der Waals surface area contributed by atoms with Crippen molar-refractivity contribution in [2.75, 3.05) is 11.9 Å². The second-order valence-corrected chi connectivity index (χ2v) is 5.47. The number of nitrogens with zero attached hydrogens (tertiary/aromatic N) is 1. The Bertz CT molecular complexity index is 800. The monoisotopic (exact) mass is 340 g/mol. The topological polar surface area (TPSA) is 81.5 Å². The maximum atomic E-state index is 12.1. The summed E-state index contributed by atoms with van der Waals surface area (Å²) in [5.41, 5.74) is 1.89. The predicted molar refractivity (Wildman–Crippen MR) is 97.7 cm³/mol. The van der Waals surface area contributed by atoms with E-state index in [9.17, 15) is 14.9 Å². The van der Waals surface area contributed by atoms with Crippen LogP contribution in [0.5, 0.6) is 5.75 Å². The minimum Gasteiger partial charge on any atom is -0.493 e. The highest BCUT2D eigenvalue weighted by atomic mass is 16.6. The second kappa shape index (κ2) is 8.63. The average molecular weight is 340 g/mol. The number of rotatable bonds is 7. The Labute approximate surface area is 146 Å². The van der Waals surface area contributed by atoms with E-state index in [2.05, 4.69) is 5.32 Å². The van der Waals surface area contributed by atoms with E-state index in [0.717, 1.165) is 17.5 Å². The number of aryl methyl sites for hydroxylation is 1. The lowest BCUT2D eigenvalue weighted by molar-refractivity contribution is -0.384. The molecule has 0 saturated carbocycles. The van der Waals surface area contributed by atoms with E-state index in [1.54, 1.807) is 19.1 Å². The van der Waals surface area contributed by atoms with E-state index in [-0.39, 0.29) is 11.6 Å². The number of nitro benzene ring substituents is 1. The maximum absolute atomic E-state index is 12.1. The summed E-state index contributed by atoms with van der Waals surface area (Å²) in [6.45, 7) is 4.40. The highest BCUT2D eigenvalue weighted by Gasteiger charge is 2.10. The minimum absolute atomic E-state index is 0.0665. The quantitative estimate of drug-likeness (QED) is 0.462. The zero-order valence-corrected chi connectivity index (χ0v) is 14.2. The molecular weight excluding hydrogens is 320 g/mol. The fraction of sp³-hybridized carbons (Fsp3) is 0.211. The van der Waals surface area contributed by atoms with E-state index >= 15 is 0 Å². The first-order valence-corrected chi connectivity index (χ1v) is 7.97. The fourth-order valence-corrected chi connectivity index (χ4v) is 2.16. The van der Waals surface area contributed by atoms with Crippen molar-refractivity contribution in [2.24, 2.45) is 0 Å². The summed E-state index contributed by atoms with van der Waals surface area (Å²) >= 11 is 0. The lowest BCUT2D eigenvalue weighted by atomic mass is 10.1. The molecule has 0 bridgehead atoms. The standard InChI is InChI=1S/C19H20N2O4/c1-3-12-25-18-7-5-4-6-15(18)9-11-19(22)20-17-13-16(21(23)24)10-8-14(17)2/h4-11,13H,3,12H2,1-2H3,(H,20,22)/b11-9+. The number of benzene rings is 2. The van der Waals surface area contributed by atoms with Gasteiger partial charge >= 0.3 is 0 Å². The molecule has 130 valence electrons. The molecule has 0 aliphatic heterocycles. The summed E-state index contributed by atoms with van der Waals surface area (Å²) in [7, 11) is 0. The van der Waals surface area contributed by atoms with Crippen LogP contribution >= 0.6 is 0 Å². The van der Waals surface area contributed by atoms with Crippen LogP contribution in [0.1, 0.15) is 24.5 Å². The van der Waals surface area contributed by atoms with Gasteiger partial charge in [0.25, 0.3) is 5.69 Å². The summed E-state index contributed by atoms with van der Waals surface area (Å²) < 4.78 is 5.64. The fourth-order valence-electron chi connectivity index (χ4n) is 2.16. The number of carbonyl (C=O) groups is 1. The first kappa shape index (κ1) is 18.2. The van der Waals surface area contributed by atoms with E-state index in [1.165, 1.54) is 18.2 Å². The minimum atomic E-state index is -0.494. The highest BCUT2D eigenvalue weighted by Crippen LogP contribution is 2.22. The normalized spacial score (nSPS) is 10.6. The summed E-state index contributed by atoms with van der Waals surface area (Å²) in [5.74, 6) is 0.342. The summed E-state index contributed by atoms with van der Waals surface area (Å²) in [6.07, 6.45) is 3.93. The van der Waals surface area contributed by atoms with Crippen molar-refractivity contribution in [2.45, 2.75) is 20.3 Å². The van der Waals surface area contributed by atoms with Gasteiger partial charge in [0.15, 0.2) is 0 Å². The van der Waals surface area contributed by atoms with Crippen molar-refractivity contribution < 1.29 is 14.5 Å². The van der Waals surface area contributed by atoms with Crippen LogP contribution in [0.25, 0.3) is 6.08 Å². The number of hydrogen-bond donors (Lipinski definition) is 1. The van der Waals surface area contributed by atoms with E-state index in [1.807, 2.05) is 31.2 Å². The number of nitro groups is 1. The van der Waals surface area contributed by atoms with E-state index in [4.69, 9.17) is 4.74 Å². The maximum Gasteiger partial charge on any atom is 0.271 e. The van der Waals surface area contributed by atoms with Crippen molar-refractivity contribution in [3.05, 3.63) is 69.8 Å². The van der Waals surface area contributed by atoms with Crippen LogP contribution in [0.3, 0.4) is 0 Å². The Morgan fingerprint density at radius 3 is 2.76 bits per heavy atom. The van der Waals surface area contributed by atoms with Crippen LogP contribution in [0.2, 0.25) is 0 Å². The zero-order valence-electron chi connectivity index (χ0n) is 14.2. The van der Waals surface area contributed by atoms with Gasteiger partial charge in [-0.15, -0.1) is 0 Å². The number of nitrogens with one attached hydrogen (secondary N) is 1. The molecule has 2 rings (SSSR count). The van der Waals surface area contributed by atoms with Crippen LogP contribution in [-0.4, -0.2) is 17.4 Å². The molecule has 0 radical (unpaired) electrons. The van der Waals surface area contributed by atoms with Crippen molar-refractivity contribution in [3.8, 4) is 5.75 Å². The molecule has 0 aliphatic carbocycles. The van der Waals surface area contributed by atoms with E-state index in [0.29, 0.717) is 18.0 Å². The van der Waals surface area contributed by atoms with Gasteiger partial charge in [-0.05, 0) is 31.1 Å². The smallest absolute Gasteiger partial charge is 0.271 e. The molecule has 0 saturated heterocycles. The first-order chi connectivity index (χ1) is 12.0. The summed E-state index contributed by atoms with van der Waals surface area (Å²) in [6, 6.07) is 11.8. The molecule has 0 atom stereocenters. The Balaban J connectivity index is 2.12. The molecular formula is C19H20N2O4. The van der Waals surface area contributed by atoms with Gasteiger partial charge in [0.2, 0.25) is 5.91 Å². The second-order valence-electron chi connectivity index (χ2n) is 5.47. The highest BCUT2D eigenvalue weighted by molar-refractivity contribution is 6.02. The van der Waals surface area contributed by atoms with Gasteiger partial charge in [-0.2, -0.15) is 0 Å². The van der Waals surface area contributed by atoms with Gasteiger partial charge in [-0.25, -0.2) is 0 Å². The third-order valence-corrected chi connectivity index (χ3v) is 3.48. The Morgan fingerprint density at radius 2 is 2.04 bits per heavy atom. The molecule has 0 unspecified atom stereocenters. The third kappa shape index (κ3) is 5.17. The Morgan fingerprint density at radius 1 is 1.28 bits per heavy atom. The molecule has 1 N–H and O–H groups in total. The summed E-state index contributed by atoms with van der Waals surface area (Å²) in [5, 5.41) is 13.5. The molecule has 2 aromatic rings. The third-order valence-electron chi connectivity index (χ3n) is 3.48. The number of hydrogen-bond acceptors (Lipinski definition) is 4. The molecule has 1 amide bonds. The van der Waals surface area contributed by atoms with Crippen LogP contribution < -0.4 is 10.1 Å². The van der Waals surface area contributed by atoms with Crippen molar-refractivity contribution in [3.63, 3.8) is 0 Å². The van der Waals surface area contributed by atoms with Crippen LogP contribution in [0.4, 0.5) is 11.4 Å². The average Bonchev–Trinajstić information content (AvgIpc) is 2.60. The van der Waals surface area contributed by atoms with Crippen molar-refractivity contribution in [1.82, 2.24) is 0 Å². The zero-order chi connectivity index (χ0) is 18.2. The SMILES string of the molecule is CCCOc1ccccc1/C=C/C(=O)Nc1cc([N+](=O)[O-])ccc1C. The van der Waals surface area contributed by atoms with Crippen LogP contribution in [0, 0.1) is 17.0 Å². The predicted octanol–water partition coefficient (Wildman–Crippen LogP) is 4.34. The summed E-state index contributed by atoms with van der Waals surface area (Å²) in [4.78, 5) is 22.5. The van der Waals surface area contributed by atoms with Crippen LogP contribution in [-0.2, 0) is 4.79 Å². The lowest BCUT2D eigenvalue weighted by Gasteiger charge is -2.08. The van der Waals surface area contributed by atoms with Gasteiger partial charge in [-0.3, -0.25) is 14.9 Å².